The van der Waals surface area contributed by atoms with Crippen LogP contribution in [0, 0.1) is 0 Å². The number of hydrogen-bond acceptors (Lipinski definition) is 5. The number of urea groups is 1. The molecule has 0 bridgehead atoms. The maximum absolute atomic E-state index is 13.0. The predicted octanol–water partition coefficient (Wildman–Crippen LogP) is 0.849. The van der Waals surface area contributed by atoms with Crippen molar-refractivity contribution in [3.05, 3.63) is 23.8 Å². The van der Waals surface area contributed by atoms with Crippen LogP contribution in [0.3, 0.4) is 0 Å². The van der Waals surface area contributed by atoms with Crippen molar-refractivity contribution in [3.63, 3.8) is 0 Å². The molecule has 0 spiro atoms. The lowest BCUT2D eigenvalue weighted by molar-refractivity contribution is -0.137. The molecule has 2 aliphatic heterocycles. The van der Waals surface area contributed by atoms with Gasteiger partial charge in [0.05, 0.1) is 0 Å². The summed E-state index contributed by atoms with van der Waals surface area (Å²) in [5.41, 5.74) is -0.681. The number of carbonyl (C=O) groups excluding carboxylic acids is 3. The van der Waals surface area contributed by atoms with E-state index in [0.717, 1.165) is 17.7 Å². The van der Waals surface area contributed by atoms with Crippen LogP contribution in [0.5, 0.6) is 11.5 Å². The van der Waals surface area contributed by atoms with Crippen LogP contribution in [-0.2, 0) is 15.1 Å². The van der Waals surface area contributed by atoms with E-state index in [2.05, 4.69) is 10.6 Å². The molecule has 0 aromatic heterocycles. The van der Waals surface area contributed by atoms with Gasteiger partial charge in [-0.2, -0.15) is 0 Å². The standard InChI is InChI=1S/C17H19N3O5/c1-9(14(21)18-11-4-5-11)20-15(22)17(2,19-16(20)23)10-3-6-12-13(7-10)25-8-24-12/h3,6-7,9,11H,4-5,8H2,1-2H3,(H,18,21)(H,19,23). The Morgan fingerprint density at radius 1 is 1.32 bits per heavy atom. The Bertz CT molecular complexity index is 776. The summed E-state index contributed by atoms with van der Waals surface area (Å²) in [5.74, 6) is 0.340. The van der Waals surface area contributed by atoms with Crippen molar-refractivity contribution in [2.75, 3.05) is 6.79 Å². The lowest BCUT2D eigenvalue weighted by Crippen LogP contribution is -2.49. The molecule has 132 valence electrons. The average Bonchev–Trinajstić information content (AvgIpc) is 3.20. The van der Waals surface area contributed by atoms with E-state index in [-0.39, 0.29) is 18.7 Å². The normalized spacial score (nSPS) is 25.8. The summed E-state index contributed by atoms with van der Waals surface area (Å²) >= 11 is 0. The Labute approximate surface area is 144 Å². The highest BCUT2D eigenvalue weighted by atomic mass is 16.7. The number of amides is 4. The molecule has 2 N–H and O–H groups in total. The number of rotatable bonds is 4. The molecule has 1 saturated heterocycles. The van der Waals surface area contributed by atoms with Crippen LogP contribution in [0.15, 0.2) is 18.2 Å². The Hall–Kier alpha value is -2.77. The van der Waals surface area contributed by atoms with Crippen molar-refractivity contribution < 1.29 is 23.9 Å². The van der Waals surface area contributed by atoms with E-state index in [9.17, 15) is 14.4 Å². The van der Waals surface area contributed by atoms with Crippen molar-refractivity contribution in [1.82, 2.24) is 15.5 Å². The predicted molar refractivity (Wildman–Crippen MR) is 85.9 cm³/mol. The van der Waals surface area contributed by atoms with Crippen molar-refractivity contribution in [2.45, 2.75) is 44.3 Å². The second kappa shape index (κ2) is 5.37. The fraction of sp³-hybridized carbons (Fsp3) is 0.471. The largest absolute Gasteiger partial charge is 0.454 e. The van der Waals surface area contributed by atoms with Crippen LogP contribution in [0.2, 0.25) is 0 Å². The van der Waals surface area contributed by atoms with Gasteiger partial charge in [-0.25, -0.2) is 9.69 Å². The van der Waals surface area contributed by atoms with Gasteiger partial charge in [0.15, 0.2) is 11.5 Å². The van der Waals surface area contributed by atoms with Gasteiger partial charge in [0.2, 0.25) is 12.7 Å². The number of fused-ring (bicyclic) bond motifs is 1. The maximum atomic E-state index is 13.0. The molecule has 0 radical (unpaired) electrons. The average molecular weight is 345 g/mol. The van der Waals surface area contributed by atoms with Crippen molar-refractivity contribution >= 4 is 17.8 Å². The first kappa shape index (κ1) is 15.7. The van der Waals surface area contributed by atoms with Gasteiger partial charge >= 0.3 is 6.03 Å². The third-order valence-corrected chi connectivity index (χ3v) is 4.86. The molecular formula is C17H19N3O5. The first-order chi connectivity index (χ1) is 11.9. The molecule has 1 aromatic carbocycles. The molecule has 3 aliphatic rings. The Morgan fingerprint density at radius 3 is 2.76 bits per heavy atom. The fourth-order valence-electron chi connectivity index (χ4n) is 3.08. The summed E-state index contributed by atoms with van der Waals surface area (Å²) in [6, 6.07) is 3.81. The highest BCUT2D eigenvalue weighted by Crippen LogP contribution is 2.38. The summed E-state index contributed by atoms with van der Waals surface area (Å²) in [4.78, 5) is 38.6. The van der Waals surface area contributed by atoms with E-state index < -0.39 is 23.5 Å². The van der Waals surface area contributed by atoms with Gasteiger partial charge in [-0.3, -0.25) is 9.59 Å². The number of nitrogens with zero attached hydrogens (tertiary/aromatic N) is 1. The van der Waals surface area contributed by atoms with Gasteiger partial charge in [0.1, 0.15) is 11.6 Å². The molecular weight excluding hydrogens is 326 g/mol. The zero-order valence-electron chi connectivity index (χ0n) is 14.0. The minimum atomic E-state index is -1.26. The number of benzene rings is 1. The molecule has 1 aliphatic carbocycles. The lowest BCUT2D eigenvalue weighted by Gasteiger charge is -2.24. The van der Waals surface area contributed by atoms with Gasteiger partial charge in [-0.1, -0.05) is 6.07 Å². The molecule has 2 unspecified atom stereocenters. The number of hydrogen-bond donors (Lipinski definition) is 2. The molecule has 25 heavy (non-hydrogen) atoms. The minimum Gasteiger partial charge on any atom is -0.454 e. The Balaban J connectivity index is 1.60. The van der Waals surface area contributed by atoms with Crippen LogP contribution in [0.4, 0.5) is 4.79 Å². The molecule has 8 heteroatoms. The zero-order valence-corrected chi connectivity index (χ0v) is 14.0. The van der Waals surface area contributed by atoms with E-state index >= 15 is 0 Å². The summed E-state index contributed by atoms with van der Waals surface area (Å²) in [6.45, 7) is 3.30. The number of carbonyl (C=O) groups is 3. The van der Waals surface area contributed by atoms with E-state index in [1.807, 2.05) is 0 Å². The minimum absolute atomic E-state index is 0.125. The van der Waals surface area contributed by atoms with Crippen LogP contribution in [0.25, 0.3) is 0 Å². The number of imide groups is 1. The number of nitrogens with one attached hydrogen (secondary N) is 2. The molecule has 1 saturated carbocycles. The van der Waals surface area contributed by atoms with Gasteiger partial charge in [-0.15, -0.1) is 0 Å². The van der Waals surface area contributed by atoms with E-state index in [1.54, 1.807) is 32.0 Å². The summed E-state index contributed by atoms with van der Waals surface area (Å²) in [6.07, 6.45) is 1.88. The van der Waals surface area contributed by atoms with Crippen LogP contribution in [-0.4, -0.2) is 41.6 Å². The summed E-state index contributed by atoms with van der Waals surface area (Å²) in [7, 11) is 0. The third-order valence-electron chi connectivity index (χ3n) is 4.86. The highest BCUT2D eigenvalue weighted by molar-refractivity contribution is 6.10. The molecule has 2 atom stereocenters. The fourth-order valence-corrected chi connectivity index (χ4v) is 3.08. The molecule has 2 fully saturated rings. The summed E-state index contributed by atoms with van der Waals surface area (Å²) in [5, 5.41) is 5.53. The van der Waals surface area contributed by atoms with Crippen LogP contribution in [0.1, 0.15) is 32.3 Å². The first-order valence-electron chi connectivity index (χ1n) is 8.26. The van der Waals surface area contributed by atoms with Gasteiger partial charge in [-0.05, 0) is 44.4 Å². The zero-order chi connectivity index (χ0) is 17.8. The van der Waals surface area contributed by atoms with Gasteiger partial charge in [0.25, 0.3) is 5.91 Å². The maximum Gasteiger partial charge on any atom is 0.326 e. The van der Waals surface area contributed by atoms with E-state index in [4.69, 9.17) is 9.47 Å². The molecule has 4 rings (SSSR count). The van der Waals surface area contributed by atoms with Crippen LogP contribution < -0.4 is 20.1 Å². The molecule has 8 nitrogen and oxygen atoms in total. The first-order valence-corrected chi connectivity index (χ1v) is 8.26. The SMILES string of the molecule is CC(C(=O)NC1CC1)N1C(=O)NC(C)(c2ccc3c(c2)OCO3)C1=O. The topological polar surface area (TPSA) is 97.0 Å². The molecule has 2 heterocycles. The smallest absolute Gasteiger partial charge is 0.326 e. The van der Waals surface area contributed by atoms with E-state index in [1.165, 1.54) is 0 Å². The Morgan fingerprint density at radius 2 is 2.04 bits per heavy atom. The third kappa shape index (κ3) is 2.48. The van der Waals surface area contributed by atoms with Crippen LogP contribution >= 0.6 is 0 Å². The van der Waals surface area contributed by atoms with Crippen molar-refractivity contribution in [2.24, 2.45) is 0 Å². The van der Waals surface area contributed by atoms with Gasteiger partial charge < -0.3 is 20.1 Å². The van der Waals surface area contributed by atoms with Gasteiger partial charge in [0, 0.05) is 6.04 Å². The Kier molecular flexibility index (Phi) is 3.38. The van der Waals surface area contributed by atoms with E-state index in [0.29, 0.717) is 17.1 Å². The monoisotopic (exact) mass is 345 g/mol. The van der Waals surface area contributed by atoms with Crippen molar-refractivity contribution in [3.8, 4) is 11.5 Å². The van der Waals surface area contributed by atoms with Crippen molar-refractivity contribution in [1.29, 1.82) is 0 Å². The quantitative estimate of drug-likeness (QED) is 0.789. The highest BCUT2D eigenvalue weighted by Gasteiger charge is 2.52. The lowest BCUT2D eigenvalue weighted by atomic mass is 9.91. The second-order valence-corrected chi connectivity index (χ2v) is 6.76. The summed E-state index contributed by atoms with van der Waals surface area (Å²) < 4.78 is 10.6. The number of ether oxygens (including phenoxy) is 2. The molecule has 4 amide bonds. The molecule has 1 aromatic rings. The second-order valence-electron chi connectivity index (χ2n) is 6.76.